The first-order valence-corrected chi connectivity index (χ1v) is 8.20. The fraction of sp³-hybridized carbons (Fsp3) is 0. The predicted molar refractivity (Wildman–Crippen MR) is 103 cm³/mol. The second-order valence-corrected chi connectivity index (χ2v) is 6.12. The third kappa shape index (κ3) is 3.83. The molecule has 0 heterocycles. The predicted octanol–water partition coefficient (Wildman–Crippen LogP) is 5.69. The second-order valence-electron chi connectivity index (χ2n) is 5.33. The second kappa shape index (κ2) is 7.40. The van der Waals surface area contributed by atoms with E-state index in [4.69, 9.17) is 23.2 Å². The topological polar surface area (TPSA) is 52.9 Å². The summed E-state index contributed by atoms with van der Waals surface area (Å²) in [6.45, 7) is 0. The van der Waals surface area contributed by atoms with Crippen LogP contribution in [0.4, 0.5) is 5.69 Å². The number of carbonyl (C=O) groups excluding carboxylic acids is 1. The average Bonchev–Trinajstić information content (AvgIpc) is 2.63. The summed E-state index contributed by atoms with van der Waals surface area (Å²) in [5.41, 5.74) is 1.10. The van der Waals surface area contributed by atoms with E-state index in [-0.39, 0.29) is 10.6 Å². The molecule has 0 aromatic heterocycles. The molecule has 0 spiro atoms. The first kappa shape index (κ1) is 17.0. The average molecular weight is 367 g/mol. The zero-order chi connectivity index (χ0) is 17.8. The van der Waals surface area contributed by atoms with E-state index in [0.717, 1.165) is 16.3 Å². The number of benzene rings is 3. The molecule has 0 aliphatic carbocycles. The van der Waals surface area contributed by atoms with Crippen LogP contribution in [0, 0.1) is 11.3 Å². The SMILES string of the molecule is N#C/C(=C\c1ccc2ccccc2c1)C(=O)Nc1cccc(Cl)c1Cl. The fourth-order valence-electron chi connectivity index (χ4n) is 2.40. The third-order valence-electron chi connectivity index (χ3n) is 3.65. The van der Waals surface area contributed by atoms with Crippen molar-refractivity contribution in [3.63, 3.8) is 0 Å². The van der Waals surface area contributed by atoms with Crippen LogP contribution >= 0.6 is 23.2 Å². The number of nitrogens with one attached hydrogen (secondary N) is 1. The van der Waals surface area contributed by atoms with Gasteiger partial charge in [0, 0.05) is 0 Å². The van der Waals surface area contributed by atoms with Gasteiger partial charge in [-0.25, -0.2) is 0 Å². The van der Waals surface area contributed by atoms with Crippen LogP contribution in [0.25, 0.3) is 16.8 Å². The lowest BCUT2D eigenvalue weighted by atomic mass is 10.0. The van der Waals surface area contributed by atoms with Crippen molar-refractivity contribution in [2.75, 3.05) is 5.32 Å². The van der Waals surface area contributed by atoms with Gasteiger partial charge in [0.2, 0.25) is 0 Å². The maximum Gasteiger partial charge on any atom is 0.266 e. The van der Waals surface area contributed by atoms with Crippen LogP contribution in [0.3, 0.4) is 0 Å². The number of rotatable bonds is 3. The Morgan fingerprint density at radius 1 is 1.00 bits per heavy atom. The van der Waals surface area contributed by atoms with Crippen LogP contribution in [0.15, 0.2) is 66.2 Å². The highest BCUT2D eigenvalue weighted by molar-refractivity contribution is 6.44. The molecule has 0 unspecified atom stereocenters. The molecule has 0 saturated carbocycles. The van der Waals surface area contributed by atoms with Gasteiger partial charge in [-0.2, -0.15) is 5.26 Å². The number of fused-ring (bicyclic) bond motifs is 1. The number of hydrogen-bond acceptors (Lipinski definition) is 2. The Bertz CT molecular complexity index is 1040. The van der Waals surface area contributed by atoms with Gasteiger partial charge < -0.3 is 5.32 Å². The van der Waals surface area contributed by atoms with Crippen molar-refractivity contribution in [1.29, 1.82) is 5.26 Å². The van der Waals surface area contributed by atoms with Crippen LogP contribution in [0.1, 0.15) is 5.56 Å². The van der Waals surface area contributed by atoms with Gasteiger partial charge in [-0.15, -0.1) is 0 Å². The Labute approximate surface area is 155 Å². The molecular formula is C20H12Cl2N2O. The molecule has 3 aromatic carbocycles. The number of nitrogens with zero attached hydrogens (tertiary/aromatic N) is 1. The Kier molecular flexibility index (Phi) is 5.04. The van der Waals surface area contributed by atoms with E-state index in [1.165, 1.54) is 0 Å². The van der Waals surface area contributed by atoms with Gasteiger partial charge in [0.15, 0.2) is 0 Å². The van der Waals surface area contributed by atoms with Crippen molar-refractivity contribution in [2.24, 2.45) is 0 Å². The highest BCUT2D eigenvalue weighted by atomic mass is 35.5. The minimum absolute atomic E-state index is 0.0219. The molecule has 0 saturated heterocycles. The van der Waals surface area contributed by atoms with E-state index >= 15 is 0 Å². The summed E-state index contributed by atoms with van der Waals surface area (Å²) in [6.07, 6.45) is 1.54. The molecule has 122 valence electrons. The van der Waals surface area contributed by atoms with Gasteiger partial charge >= 0.3 is 0 Å². The molecule has 0 atom stereocenters. The largest absolute Gasteiger partial charge is 0.320 e. The Balaban J connectivity index is 1.90. The molecule has 0 radical (unpaired) electrons. The van der Waals surface area contributed by atoms with Crippen molar-refractivity contribution < 1.29 is 4.79 Å². The summed E-state index contributed by atoms with van der Waals surface area (Å²) >= 11 is 12.0. The number of hydrogen-bond donors (Lipinski definition) is 1. The molecule has 3 nitrogen and oxygen atoms in total. The number of nitriles is 1. The Morgan fingerprint density at radius 3 is 2.52 bits per heavy atom. The van der Waals surface area contributed by atoms with Crippen LogP contribution in [-0.4, -0.2) is 5.91 Å². The number of carbonyl (C=O) groups is 1. The molecule has 1 amide bonds. The quantitative estimate of drug-likeness (QED) is 0.477. The molecule has 5 heteroatoms. The molecular weight excluding hydrogens is 355 g/mol. The number of halogens is 2. The van der Waals surface area contributed by atoms with Gasteiger partial charge in [0.25, 0.3) is 5.91 Å². The third-order valence-corrected chi connectivity index (χ3v) is 4.47. The molecule has 0 aliphatic rings. The van der Waals surface area contributed by atoms with Gasteiger partial charge in [-0.1, -0.05) is 65.7 Å². The lowest BCUT2D eigenvalue weighted by molar-refractivity contribution is -0.112. The summed E-state index contributed by atoms with van der Waals surface area (Å²) in [7, 11) is 0. The van der Waals surface area contributed by atoms with Crippen molar-refractivity contribution in [1.82, 2.24) is 0 Å². The van der Waals surface area contributed by atoms with Crippen LogP contribution in [0.2, 0.25) is 10.0 Å². The zero-order valence-corrected chi connectivity index (χ0v) is 14.5. The normalized spacial score (nSPS) is 11.2. The molecule has 0 fully saturated rings. The van der Waals surface area contributed by atoms with Crippen LogP contribution in [0.5, 0.6) is 0 Å². The molecule has 1 N–H and O–H groups in total. The van der Waals surface area contributed by atoms with E-state index < -0.39 is 5.91 Å². The minimum atomic E-state index is -0.542. The van der Waals surface area contributed by atoms with Crippen molar-refractivity contribution in [2.45, 2.75) is 0 Å². The van der Waals surface area contributed by atoms with Gasteiger partial charge in [-0.3, -0.25) is 4.79 Å². The zero-order valence-electron chi connectivity index (χ0n) is 13.0. The first-order valence-electron chi connectivity index (χ1n) is 7.44. The molecule has 25 heavy (non-hydrogen) atoms. The summed E-state index contributed by atoms with van der Waals surface area (Å²) < 4.78 is 0. The highest BCUT2D eigenvalue weighted by Crippen LogP contribution is 2.29. The maximum absolute atomic E-state index is 12.4. The monoisotopic (exact) mass is 366 g/mol. The van der Waals surface area contributed by atoms with E-state index in [9.17, 15) is 10.1 Å². The van der Waals surface area contributed by atoms with Crippen LogP contribution < -0.4 is 5.32 Å². The Hall–Kier alpha value is -2.80. The van der Waals surface area contributed by atoms with Crippen molar-refractivity contribution in [3.05, 3.63) is 81.8 Å². The number of anilines is 1. The summed E-state index contributed by atoms with van der Waals surface area (Å²) in [4.78, 5) is 12.4. The van der Waals surface area contributed by atoms with Gasteiger partial charge in [0.05, 0.1) is 15.7 Å². The van der Waals surface area contributed by atoms with Crippen molar-refractivity contribution >= 4 is 51.6 Å². The lowest BCUT2D eigenvalue weighted by Gasteiger charge is -2.07. The lowest BCUT2D eigenvalue weighted by Crippen LogP contribution is -2.13. The van der Waals surface area contributed by atoms with Gasteiger partial charge in [0.1, 0.15) is 11.6 Å². The number of amides is 1. The first-order chi connectivity index (χ1) is 12.1. The maximum atomic E-state index is 12.4. The van der Waals surface area contributed by atoms with Crippen molar-refractivity contribution in [3.8, 4) is 6.07 Å². The molecule has 0 aliphatic heterocycles. The highest BCUT2D eigenvalue weighted by Gasteiger charge is 2.12. The fourth-order valence-corrected chi connectivity index (χ4v) is 2.75. The summed E-state index contributed by atoms with van der Waals surface area (Å²) in [5, 5.41) is 14.6. The Morgan fingerprint density at radius 2 is 1.76 bits per heavy atom. The molecule has 0 bridgehead atoms. The van der Waals surface area contributed by atoms with E-state index in [0.29, 0.717) is 10.7 Å². The standard InChI is InChI=1S/C20H12Cl2N2O/c21-17-6-3-7-18(19(17)22)24-20(25)16(12-23)11-13-8-9-14-4-1-2-5-15(14)10-13/h1-11H,(H,24,25)/b16-11+. The van der Waals surface area contributed by atoms with E-state index in [1.807, 2.05) is 48.5 Å². The van der Waals surface area contributed by atoms with Gasteiger partial charge in [-0.05, 0) is 40.6 Å². The van der Waals surface area contributed by atoms with Crippen LogP contribution in [-0.2, 0) is 4.79 Å². The summed E-state index contributed by atoms with van der Waals surface area (Å²) in [6, 6.07) is 20.4. The summed E-state index contributed by atoms with van der Waals surface area (Å²) in [5.74, 6) is -0.542. The van der Waals surface area contributed by atoms with E-state index in [1.54, 1.807) is 24.3 Å². The minimum Gasteiger partial charge on any atom is -0.320 e. The van der Waals surface area contributed by atoms with E-state index in [2.05, 4.69) is 5.32 Å². The molecule has 3 rings (SSSR count). The smallest absolute Gasteiger partial charge is 0.266 e. The molecule has 3 aromatic rings.